The molecule has 0 radical (unpaired) electrons. The second-order valence-electron chi connectivity index (χ2n) is 4.57. The minimum Gasteiger partial charge on any atom is -0.350 e. The molecule has 1 N–H and O–H groups in total. The molecule has 0 bridgehead atoms. The van der Waals surface area contributed by atoms with E-state index in [1.165, 1.54) is 6.07 Å². The number of nitrogens with one attached hydrogen (secondary N) is 1. The molecule has 2 heterocycles. The average Bonchev–Trinajstić information content (AvgIpc) is 2.96. The van der Waals surface area contributed by atoms with E-state index in [9.17, 15) is 14.4 Å². The van der Waals surface area contributed by atoms with Gasteiger partial charge in [-0.25, -0.2) is 0 Å². The highest BCUT2D eigenvalue weighted by atomic mass is 16.5. The Balaban J connectivity index is 1.81. The lowest BCUT2D eigenvalue weighted by Crippen LogP contribution is -2.53. The van der Waals surface area contributed by atoms with Crippen LogP contribution in [0.1, 0.15) is 10.6 Å². The summed E-state index contributed by atoms with van der Waals surface area (Å²) in [6, 6.07) is 10.7. The molecule has 3 amide bonds. The van der Waals surface area contributed by atoms with Crippen molar-refractivity contribution in [2.24, 2.45) is 0 Å². The molecule has 1 aliphatic heterocycles. The molecule has 0 unspecified atom stereocenters. The van der Waals surface area contributed by atoms with Crippen molar-refractivity contribution in [3.05, 3.63) is 42.2 Å². The number of nitrogens with zero attached hydrogens (tertiary/aromatic N) is 2. The number of carbonyl (C=O) groups is 3. The second-order valence-corrected chi connectivity index (χ2v) is 4.57. The Labute approximate surface area is 119 Å². The number of aromatic nitrogens is 1. The maximum atomic E-state index is 12.2. The molecule has 21 heavy (non-hydrogen) atoms. The van der Waals surface area contributed by atoms with Crippen molar-refractivity contribution in [1.82, 2.24) is 15.4 Å². The molecule has 1 aliphatic rings. The SMILES string of the molecule is O=C1CN(C(=O)c2cc(-c3ccccc3)no2)CC(=O)N1. The Morgan fingerprint density at radius 1 is 1.14 bits per heavy atom. The van der Waals surface area contributed by atoms with Crippen LogP contribution in [-0.2, 0) is 9.59 Å². The summed E-state index contributed by atoms with van der Waals surface area (Å²) in [5.41, 5.74) is 1.33. The minimum atomic E-state index is -0.534. The third kappa shape index (κ3) is 2.66. The van der Waals surface area contributed by atoms with Crippen molar-refractivity contribution in [3.8, 4) is 11.3 Å². The summed E-state index contributed by atoms with van der Waals surface area (Å²) in [5, 5.41) is 5.96. The first kappa shape index (κ1) is 13.0. The van der Waals surface area contributed by atoms with Crippen molar-refractivity contribution in [3.63, 3.8) is 0 Å². The van der Waals surface area contributed by atoms with Crippen LogP contribution in [0, 0.1) is 0 Å². The standard InChI is InChI=1S/C14H11N3O4/c18-12-7-17(8-13(19)15-12)14(20)11-6-10(16-21-11)9-4-2-1-3-5-9/h1-6H,7-8H2,(H,15,18,19). The van der Waals surface area contributed by atoms with Crippen LogP contribution in [0.4, 0.5) is 0 Å². The van der Waals surface area contributed by atoms with Crippen LogP contribution in [0.25, 0.3) is 11.3 Å². The highest BCUT2D eigenvalue weighted by molar-refractivity contribution is 6.05. The lowest BCUT2D eigenvalue weighted by molar-refractivity contribution is -0.135. The zero-order chi connectivity index (χ0) is 14.8. The van der Waals surface area contributed by atoms with E-state index in [-0.39, 0.29) is 18.8 Å². The van der Waals surface area contributed by atoms with Gasteiger partial charge in [0.25, 0.3) is 5.91 Å². The fourth-order valence-electron chi connectivity index (χ4n) is 2.06. The molecule has 1 aromatic carbocycles. The summed E-state index contributed by atoms with van der Waals surface area (Å²) < 4.78 is 5.02. The van der Waals surface area contributed by atoms with E-state index >= 15 is 0 Å². The van der Waals surface area contributed by atoms with Gasteiger partial charge in [-0.1, -0.05) is 35.5 Å². The van der Waals surface area contributed by atoms with E-state index in [2.05, 4.69) is 10.5 Å². The van der Waals surface area contributed by atoms with Crippen LogP contribution in [-0.4, -0.2) is 40.9 Å². The Bertz CT molecular complexity index is 692. The molecule has 0 spiro atoms. The van der Waals surface area contributed by atoms with E-state index in [1.807, 2.05) is 30.3 Å². The lowest BCUT2D eigenvalue weighted by Gasteiger charge is -2.24. The van der Waals surface area contributed by atoms with E-state index in [0.717, 1.165) is 10.5 Å². The largest absolute Gasteiger partial charge is 0.350 e. The fourth-order valence-corrected chi connectivity index (χ4v) is 2.06. The summed E-state index contributed by atoms with van der Waals surface area (Å²) in [6.07, 6.45) is 0. The first-order valence-electron chi connectivity index (χ1n) is 6.27. The summed E-state index contributed by atoms with van der Waals surface area (Å²) >= 11 is 0. The van der Waals surface area contributed by atoms with Gasteiger partial charge in [0.1, 0.15) is 18.8 Å². The van der Waals surface area contributed by atoms with Crippen LogP contribution in [0.3, 0.4) is 0 Å². The van der Waals surface area contributed by atoms with Crippen LogP contribution >= 0.6 is 0 Å². The summed E-state index contributed by atoms with van der Waals surface area (Å²) in [6.45, 7) is -0.349. The summed E-state index contributed by atoms with van der Waals surface area (Å²) in [4.78, 5) is 35.9. The van der Waals surface area contributed by atoms with Gasteiger partial charge in [-0.3, -0.25) is 19.7 Å². The average molecular weight is 285 g/mol. The maximum absolute atomic E-state index is 12.2. The molecule has 1 fully saturated rings. The predicted molar refractivity (Wildman–Crippen MR) is 71.0 cm³/mol. The topological polar surface area (TPSA) is 92.5 Å². The van der Waals surface area contributed by atoms with E-state index < -0.39 is 17.7 Å². The van der Waals surface area contributed by atoms with Crippen LogP contribution in [0.15, 0.2) is 40.9 Å². The number of benzene rings is 1. The van der Waals surface area contributed by atoms with E-state index in [4.69, 9.17) is 4.52 Å². The van der Waals surface area contributed by atoms with Crippen molar-refractivity contribution >= 4 is 17.7 Å². The molecular formula is C14H11N3O4. The highest BCUT2D eigenvalue weighted by Gasteiger charge is 2.29. The zero-order valence-electron chi connectivity index (χ0n) is 10.9. The first-order chi connectivity index (χ1) is 10.1. The summed E-state index contributed by atoms with van der Waals surface area (Å²) in [5.74, 6) is -1.56. The molecule has 7 heteroatoms. The number of hydrogen-bond donors (Lipinski definition) is 1. The van der Waals surface area contributed by atoms with Gasteiger partial charge in [-0.05, 0) is 0 Å². The number of piperazine rings is 1. The van der Waals surface area contributed by atoms with Crippen LogP contribution in [0.5, 0.6) is 0 Å². The maximum Gasteiger partial charge on any atom is 0.293 e. The molecule has 1 aromatic heterocycles. The van der Waals surface area contributed by atoms with Crippen LogP contribution < -0.4 is 5.32 Å². The first-order valence-corrected chi connectivity index (χ1v) is 6.27. The highest BCUT2D eigenvalue weighted by Crippen LogP contribution is 2.19. The van der Waals surface area contributed by atoms with Gasteiger partial charge in [0.15, 0.2) is 0 Å². The lowest BCUT2D eigenvalue weighted by atomic mass is 10.1. The Hall–Kier alpha value is -2.96. The zero-order valence-corrected chi connectivity index (χ0v) is 10.9. The van der Waals surface area contributed by atoms with Crippen molar-refractivity contribution in [1.29, 1.82) is 0 Å². The minimum absolute atomic E-state index is 0.00338. The van der Waals surface area contributed by atoms with E-state index in [1.54, 1.807) is 0 Å². The Morgan fingerprint density at radius 3 is 2.48 bits per heavy atom. The third-order valence-electron chi connectivity index (χ3n) is 3.03. The smallest absolute Gasteiger partial charge is 0.293 e. The molecule has 0 aliphatic carbocycles. The van der Waals surface area contributed by atoms with Gasteiger partial charge in [-0.15, -0.1) is 0 Å². The van der Waals surface area contributed by atoms with Crippen molar-refractivity contribution < 1.29 is 18.9 Å². The van der Waals surface area contributed by atoms with Crippen molar-refractivity contribution in [2.75, 3.05) is 13.1 Å². The fraction of sp³-hybridized carbons (Fsp3) is 0.143. The quantitative estimate of drug-likeness (QED) is 0.808. The number of hydrogen-bond acceptors (Lipinski definition) is 5. The van der Waals surface area contributed by atoms with Crippen LogP contribution in [0.2, 0.25) is 0 Å². The Kier molecular flexibility index (Phi) is 3.23. The second kappa shape index (κ2) is 5.20. The molecule has 0 saturated carbocycles. The number of imide groups is 1. The number of rotatable bonds is 2. The van der Waals surface area contributed by atoms with Gasteiger partial charge < -0.3 is 9.42 Å². The van der Waals surface area contributed by atoms with Crippen molar-refractivity contribution in [2.45, 2.75) is 0 Å². The van der Waals surface area contributed by atoms with Gasteiger partial charge in [0.05, 0.1) is 0 Å². The normalized spacial score (nSPS) is 15.0. The van der Waals surface area contributed by atoms with Gasteiger partial charge in [-0.2, -0.15) is 0 Å². The molecule has 106 valence electrons. The molecule has 2 aromatic rings. The number of carbonyl (C=O) groups excluding carboxylic acids is 3. The van der Waals surface area contributed by atoms with Gasteiger partial charge >= 0.3 is 0 Å². The Morgan fingerprint density at radius 2 is 1.81 bits per heavy atom. The van der Waals surface area contributed by atoms with E-state index in [0.29, 0.717) is 5.69 Å². The van der Waals surface area contributed by atoms with Gasteiger partial charge in [0.2, 0.25) is 17.6 Å². The van der Waals surface area contributed by atoms with Gasteiger partial charge in [0, 0.05) is 11.6 Å². The molecule has 1 saturated heterocycles. The molecular weight excluding hydrogens is 274 g/mol. The molecule has 3 rings (SSSR count). The predicted octanol–water partition coefficient (Wildman–Crippen LogP) is 0.440. The number of amides is 3. The summed E-state index contributed by atoms with van der Waals surface area (Å²) in [7, 11) is 0. The monoisotopic (exact) mass is 285 g/mol. The molecule has 7 nitrogen and oxygen atoms in total. The third-order valence-corrected chi connectivity index (χ3v) is 3.03. The molecule has 0 atom stereocenters.